The highest BCUT2D eigenvalue weighted by Crippen LogP contribution is 2.22. The fraction of sp³-hybridized carbons (Fsp3) is 0.500. The number of thioether (sulfide) groups is 1. The first kappa shape index (κ1) is 18.8. The van der Waals surface area contributed by atoms with E-state index in [4.69, 9.17) is 16.9 Å². The van der Waals surface area contributed by atoms with E-state index >= 15 is 0 Å². The average molecular weight is 364 g/mol. The third kappa shape index (κ3) is 4.99. The number of hydrogen-bond acceptors (Lipinski definition) is 4. The van der Waals surface area contributed by atoms with Crippen molar-refractivity contribution >= 4 is 34.3 Å². The van der Waals surface area contributed by atoms with Crippen molar-refractivity contribution in [1.29, 1.82) is 5.26 Å². The topological polar surface area (TPSA) is 58.7 Å². The number of halogens is 1. The fourth-order valence-electron chi connectivity index (χ4n) is 2.34. The monoisotopic (exact) mass is 363 g/mol. The standard InChI is InChI=1S/C18H22ClN3OS/c1-13(2)8-10-22-17(23)15-7-6-14(19)12-16(15)21-18(22)24-11-5-3-4-9-20/h6-7,12-13H,3-5,8,10-11H2,1-2H3. The number of nitrogens with zero attached hydrogens (tertiary/aromatic N) is 3. The van der Waals surface area contributed by atoms with Crippen LogP contribution in [-0.4, -0.2) is 15.3 Å². The number of fused-ring (bicyclic) bond motifs is 1. The van der Waals surface area contributed by atoms with E-state index in [0.29, 0.717) is 34.8 Å². The van der Waals surface area contributed by atoms with Crippen LogP contribution in [0, 0.1) is 17.2 Å². The molecule has 1 aromatic heterocycles. The van der Waals surface area contributed by atoms with Gasteiger partial charge in [-0.3, -0.25) is 9.36 Å². The fourth-order valence-corrected chi connectivity index (χ4v) is 3.53. The van der Waals surface area contributed by atoms with Crippen LogP contribution in [0.15, 0.2) is 28.2 Å². The minimum Gasteiger partial charge on any atom is -0.287 e. The SMILES string of the molecule is CC(C)CCn1c(SCCCCC#N)nc2cc(Cl)ccc2c1=O. The molecule has 0 aliphatic heterocycles. The number of nitriles is 1. The zero-order chi connectivity index (χ0) is 17.5. The number of unbranched alkanes of at least 4 members (excludes halogenated alkanes) is 2. The molecule has 2 aromatic rings. The third-order valence-electron chi connectivity index (χ3n) is 3.73. The maximum absolute atomic E-state index is 12.8. The summed E-state index contributed by atoms with van der Waals surface area (Å²) in [6, 6.07) is 7.38. The Morgan fingerprint density at radius 3 is 2.88 bits per heavy atom. The third-order valence-corrected chi connectivity index (χ3v) is 5.02. The Labute approximate surface area is 151 Å². The molecule has 0 atom stereocenters. The number of rotatable bonds is 8. The molecule has 2 rings (SSSR count). The summed E-state index contributed by atoms with van der Waals surface area (Å²) in [6.45, 7) is 4.96. The lowest BCUT2D eigenvalue weighted by molar-refractivity contribution is 0.481. The molecule has 0 N–H and O–H groups in total. The van der Waals surface area contributed by atoms with Gasteiger partial charge in [0.15, 0.2) is 5.16 Å². The molecule has 0 fully saturated rings. The van der Waals surface area contributed by atoms with Gasteiger partial charge in [-0.05, 0) is 43.4 Å². The summed E-state index contributed by atoms with van der Waals surface area (Å²) in [7, 11) is 0. The molecule has 6 heteroatoms. The molecular formula is C18H22ClN3OS. The Kier molecular flexibility index (Phi) is 7.14. The first-order valence-electron chi connectivity index (χ1n) is 8.22. The predicted molar refractivity (Wildman–Crippen MR) is 101 cm³/mol. The van der Waals surface area contributed by atoms with E-state index in [1.54, 1.807) is 34.5 Å². The molecule has 0 unspecified atom stereocenters. The van der Waals surface area contributed by atoms with Crippen molar-refractivity contribution in [2.45, 2.75) is 51.2 Å². The maximum Gasteiger partial charge on any atom is 0.262 e. The van der Waals surface area contributed by atoms with Crippen LogP contribution >= 0.6 is 23.4 Å². The van der Waals surface area contributed by atoms with Gasteiger partial charge in [-0.15, -0.1) is 0 Å². The first-order chi connectivity index (χ1) is 11.5. The van der Waals surface area contributed by atoms with E-state index < -0.39 is 0 Å². The minimum atomic E-state index is -0.00292. The zero-order valence-corrected chi connectivity index (χ0v) is 15.7. The van der Waals surface area contributed by atoms with Crippen molar-refractivity contribution in [2.75, 3.05) is 5.75 Å². The molecule has 0 saturated carbocycles. The van der Waals surface area contributed by atoms with E-state index in [1.807, 2.05) is 0 Å². The summed E-state index contributed by atoms with van der Waals surface area (Å²) in [5, 5.41) is 10.5. The van der Waals surface area contributed by atoms with E-state index in [1.165, 1.54) is 0 Å². The summed E-state index contributed by atoms with van der Waals surface area (Å²) in [5.74, 6) is 1.37. The van der Waals surface area contributed by atoms with Gasteiger partial charge >= 0.3 is 0 Å². The predicted octanol–water partition coefficient (Wildman–Crippen LogP) is 4.88. The van der Waals surface area contributed by atoms with Gasteiger partial charge < -0.3 is 0 Å². The Bertz CT molecular complexity index is 795. The summed E-state index contributed by atoms with van der Waals surface area (Å²) in [6.07, 6.45) is 3.31. The van der Waals surface area contributed by atoms with Gasteiger partial charge in [0, 0.05) is 23.7 Å². The summed E-state index contributed by atoms with van der Waals surface area (Å²) >= 11 is 7.62. The normalized spacial score (nSPS) is 11.1. The van der Waals surface area contributed by atoms with Crippen LogP contribution in [0.25, 0.3) is 10.9 Å². The Hall–Kier alpha value is -1.51. The van der Waals surface area contributed by atoms with Crippen LogP contribution in [0.5, 0.6) is 0 Å². The molecule has 0 saturated heterocycles. The van der Waals surface area contributed by atoms with Crippen molar-refractivity contribution in [3.63, 3.8) is 0 Å². The lowest BCUT2D eigenvalue weighted by Gasteiger charge is -2.14. The molecular weight excluding hydrogens is 342 g/mol. The Balaban J connectivity index is 2.31. The van der Waals surface area contributed by atoms with Crippen molar-refractivity contribution < 1.29 is 0 Å². The van der Waals surface area contributed by atoms with Crippen LogP contribution in [0.4, 0.5) is 0 Å². The first-order valence-corrected chi connectivity index (χ1v) is 9.59. The van der Waals surface area contributed by atoms with Crippen LogP contribution < -0.4 is 5.56 Å². The average Bonchev–Trinajstić information content (AvgIpc) is 2.53. The zero-order valence-electron chi connectivity index (χ0n) is 14.1. The highest BCUT2D eigenvalue weighted by molar-refractivity contribution is 7.99. The largest absolute Gasteiger partial charge is 0.287 e. The van der Waals surface area contributed by atoms with Gasteiger partial charge in [-0.1, -0.05) is 37.2 Å². The van der Waals surface area contributed by atoms with E-state index in [0.717, 1.165) is 30.2 Å². The molecule has 128 valence electrons. The van der Waals surface area contributed by atoms with Crippen molar-refractivity contribution in [3.05, 3.63) is 33.6 Å². The smallest absolute Gasteiger partial charge is 0.262 e. The molecule has 0 spiro atoms. The van der Waals surface area contributed by atoms with Gasteiger partial charge in [-0.25, -0.2) is 4.98 Å². The van der Waals surface area contributed by atoms with Crippen LogP contribution in [0.2, 0.25) is 5.02 Å². The van der Waals surface area contributed by atoms with Gasteiger partial charge in [-0.2, -0.15) is 5.26 Å². The number of benzene rings is 1. The Morgan fingerprint density at radius 2 is 2.17 bits per heavy atom. The molecule has 0 amide bonds. The maximum atomic E-state index is 12.8. The minimum absolute atomic E-state index is 0.00292. The van der Waals surface area contributed by atoms with E-state index in [9.17, 15) is 4.79 Å². The molecule has 0 radical (unpaired) electrons. The second-order valence-electron chi connectivity index (χ2n) is 6.16. The van der Waals surface area contributed by atoms with Gasteiger partial charge in [0.25, 0.3) is 5.56 Å². The molecule has 0 bridgehead atoms. The van der Waals surface area contributed by atoms with Crippen LogP contribution in [0.3, 0.4) is 0 Å². The lowest BCUT2D eigenvalue weighted by atomic mass is 10.1. The van der Waals surface area contributed by atoms with E-state index in [2.05, 4.69) is 24.9 Å². The number of hydrogen-bond donors (Lipinski definition) is 0. The summed E-state index contributed by atoms with van der Waals surface area (Å²) in [5.41, 5.74) is 0.643. The van der Waals surface area contributed by atoms with E-state index in [-0.39, 0.29) is 5.56 Å². The quantitative estimate of drug-likeness (QED) is 0.381. The lowest BCUT2D eigenvalue weighted by Crippen LogP contribution is -2.24. The highest BCUT2D eigenvalue weighted by Gasteiger charge is 2.12. The van der Waals surface area contributed by atoms with Crippen molar-refractivity contribution in [1.82, 2.24) is 9.55 Å². The number of aromatic nitrogens is 2. The van der Waals surface area contributed by atoms with Crippen LogP contribution in [0.1, 0.15) is 39.5 Å². The van der Waals surface area contributed by atoms with Gasteiger partial charge in [0.1, 0.15) is 0 Å². The molecule has 0 aliphatic rings. The second-order valence-corrected chi connectivity index (χ2v) is 7.66. The van der Waals surface area contributed by atoms with Crippen LogP contribution in [-0.2, 0) is 6.54 Å². The summed E-state index contributed by atoms with van der Waals surface area (Å²) < 4.78 is 1.78. The molecule has 1 aromatic carbocycles. The Morgan fingerprint density at radius 1 is 1.38 bits per heavy atom. The second kappa shape index (κ2) is 9.10. The molecule has 1 heterocycles. The molecule has 4 nitrogen and oxygen atoms in total. The van der Waals surface area contributed by atoms with Gasteiger partial charge in [0.2, 0.25) is 0 Å². The summed E-state index contributed by atoms with van der Waals surface area (Å²) in [4.78, 5) is 17.5. The molecule has 0 aliphatic carbocycles. The van der Waals surface area contributed by atoms with Crippen molar-refractivity contribution in [2.24, 2.45) is 5.92 Å². The van der Waals surface area contributed by atoms with Crippen molar-refractivity contribution in [3.8, 4) is 6.07 Å². The van der Waals surface area contributed by atoms with Gasteiger partial charge in [0.05, 0.1) is 17.0 Å². The molecule has 24 heavy (non-hydrogen) atoms. The highest BCUT2D eigenvalue weighted by atomic mass is 35.5.